The lowest BCUT2D eigenvalue weighted by Crippen LogP contribution is -2.39. The van der Waals surface area contributed by atoms with Crippen LogP contribution in [0.5, 0.6) is 0 Å². The molecule has 8 heteroatoms. The van der Waals surface area contributed by atoms with Gasteiger partial charge in [-0.3, -0.25) is 4.79 Å². The number of guanidine groups is 1. The number of carbonyl (C=O) groups excluding carboxylic acids is 1. The molecular formula is C19H30N4O3S. The zero-order valence-corrected chi connectivity index (χ0v) is 16.8. The van der Waals surface area contributed by atoms with Gasteiger partial charge in [0.25, 0.3) is 0 Å². The fourth-order valence-corrected chi connectivity index (χ4v) is 4.38. The van der Waals surface area contributed by atoms with E-state index < -0.39 is 9.84 Å². The van der Waals surface area contributed by atoms with Crippen molar-refractivity contribution < 1.29 is 13.2 Å². The number of aliphatic imine (C=N–C) groups is 1. The molecule has 7 nitrogen and oxygen atoms in total. The van der Waals surface area contributed by atoms with Gasteiger partial charge in [0, 0.05) is 26.2 Å². The van der Waals surface area contributed by atoms with E-state index in [1.54, 1.807) is 0 Å². The van der Waals surface area contributed by atoms with Crippen molar-refractivity contribution in [3.63, 3.8) is 0 Å². The van der Waals surface area contributed by atoms with Gasteiger partial charge in [0.1, 0.15) is 6.54 Å². The highest BCUT2D eigenvalue weighted by molar-refractivity contribution is 7.90. The van der Waals surface area contributed by atoms with Crippen LogP contribution >= 0.6 is 0 Å². The van der Waals surface area contributed by atoms with Crippen molar-refractivity contribution in [2.75, 3.05) is 38.5 Å². The average molecular weight is 395 g/mol. The summed E-state index contributed by atoms with van der Waals surface area (Å²) >= 11 is 0. The SMILES string of the molecule is CCNC(=NCC(=O)N1CCCC1)NCCCS(=O)(=O)Cc1ccccc1. The zero-order chi connectivity index (χ0) is 19.5. The first-order valence-corrected chi connectivity index (χ1v) is 11.4. The molecule has 1 aliphatic heterocycles. The van der Waals surface area contributed by atoms with Crippen molar-refractivity contribution in [3.05, 3.63) is 35.9 Å². The fraction of sp³-hybridized carbons (Fsp3) is 0.579. The second-order valence-electron chi connectivity index (χ2n) is 6.64. The molecule has 27 heavy (non-hydrogen) atoms. The summed E-state index contributed by atoms with van der Waals surface area (Å²) in [4.78, 5) is 18.2. The summed E-state index contributed by atoms with van der Waals surface area (Å²) in [5, 5.41) is 6.19. The van der Waals surface area contributed by atoms with Crippen LogP contribution in [0.25, 0.3) is 0 Å². The Kier molecular flexibility index (Phi) is 8.57. The Morgan fingerprint density at radius 2 is 1.85 bits per heavy atom. The van der Waals surface area contributed by atoms with Gasteiger partial charge >= 0.3 is 0 Å². The fourth-order valence-electron chi connectivity index (χ4n) is 2.95. The Labute approximate surface area is 162 Å². The van der Waals surface area contributed by atoms with Crippen LogP contribution in [0.1, 0.15) is 31.7 Å². The molecule has 1 aromatic rings. The topological polar surface area (TPSA) is 90.9 Å². The lowest BCUT2D eigenvalue weighted by molar-refractivity contribution is -0.128. The highest BCUT2D eigenvalue weighted by Crippen LogP contribution is 2.08. The molecule has 0 atom stereocenters. The van der Waals surface area contributed by atoms with Gasteiger partial charge in [0.15, 0.2) is 15.8 Å². The van der Waals surface area contributed by atoms with Gasteiger partial charge in [-0.25, -0.2) is 13.4 Å². The van der Waals surface area contributed by atoms with Gasteiger partial charge in [-0.05, 0) is 31.7 Å². The maximum atomic E-state index is 12.2. The van der Waals surface area contributed by atoms with Crippen molar-refractivity contribution in [2.24, 2.45) is 4.99 Å². The first-order chi connectivity index (χ1) is 13.0. The molecule has 2 N–H and O–H groups in total. The van der Waals surface area contributed by atoms with Gasteiger partial charge < -0.3 is 15.5 Å². The second kappa shape index (κ2) is 10.9. The van der Waals surface area contributed by atoms with Crippen LogP contribution in [0.3, 0.4) is 0 Å². The molecule has 150 valence electrons. The Hall–Kier alpha value is -2.09. The molecule has 0 spiro atoms. The van der Waals surface area contributed by atoms with Crippen molar-refractivity contribution in [1.29, 1.82) is 0 Å². The molecule has 1 heterocycles. The van der Waals surface area contributed by atoms with Gasteiger partial charge in [0.2, 0.25) is 5.91 Å². The standard InChI is InChI=1S/C19H30N4O3S/c1-2-20-19(22-15-18(24)23-12-6-7-13-23)21-11-8-14-27(25,26)16-17-9-4-3-5-10-17/h3-5,9-10H,2,6-8,11-16H2,1H3,(H2,20,21,22). The number of hydrogen-bond acceptors (Lipinski definition) is 4. The van der Waals surface area contributed by atoms with Crippen LogP contribution in [-0.2, 0) is 20.4 Å². The number of hydrogen-bond donors (Lipinski definition) is 2. The van der Waals surface area contributed by atoms with Crippen LogP contribution in [-0.4, -0.2) is 63.7 Å². The van der Waals surface area contributed by atoms with E-state index in [1.807, 2.05) is 42.2 Å². The Morgan fingerprint density at radius 3 is 2.52 bits per heavy atom. The number of benzene rings is 1. The quantitative estimate of drug-likeness (QED) is 0.373. The predicted octanol–water partition coefficient (Wildman–Crippen LogP) is 1.17. The maximum Gasteiger partial charge on any atom is 0.244 e. The molecule has 0 radical (unpaired) electrons. The third-order valence-electron chi connectivity index (χ3n) is 4.33. The lowest BCUT2D eigenvalue weighted by Gasteiger charge is -2.15. The number of likely N-dealkylation sites (tertiary alicyclic amines) is 1. The number of nitrogens with one attached hydrogen (secondary N) is 2. The van der Waals surface area contributed by atoms with Crippen LogP contribution in [0.2, 0.25) is 0 Å². The van der Waals surface area contributed by atoms with Crippen LogP contribution in [0.15, 0.2) is 35.3 Å². The third kappa shape index (κ3) is 7.99. The summed E-state index contributed by atoms with van der Waals surface area (Å²) in [6.45, 7) is 4.86. The summed E-state index contributed by atoms with van der Waals surface area (Å²) in [6, 6.07) is 9.20. The molecule has 0 bridgehead atoms. The lowest BCUT2D eigenvalue weighted by atomic mass is 10.2. The van der Waals surface area contributed by atoms with E-state index in [1.165, 1.54) is 0 Å². The van der Waals surface area contributed by atoms with Crippen molar-refractivity contribution in [2.45, 2.75) is 31.9 Å². The Morgan fingerprint density at radius 1 is 1.15 bits per heavy atom. The number of amides is 1. The molecule has 0 aliphatic carbocycles. The minimum atomic E-state index is -3.14. The highest BCUT2D eigenvalue weighted by Gasteiger charge is 2.17. The van der Waals surface area contributed by atoms with E-state index in [0.717, 1.165) is 31.5 Å². The molecule has 2 rings (SSSR count). The van der Waals surface area contributed by atoms with Crippen molar-refractivity contribution in [3.8, 4) is 0 Å². The third-order valence-corrected chi connectivity index (χ3v) is 6.01. The minimum Gasteiger partial charge on any atom is -0.357 e. The molecule has 0 unspecified atom stereocenters. The Balaban J connectivity index is 1.74. The molecule has 1 aromatic carbocycles. The summed E-state index contributed by atoms with van der Waals surface area (Å²) in [5.41, 5.74) is 0.806. The first-order valence-electron chi connectivity index (χ1n) is 9.54. The van der Waals surface area contributed by atoms with E-state index in [-0.39, 0.29) is 24.0 Å². The van der Waals surface area contributed by atoms with Gasteiger partial charge in [-0.2, -0.15) is 0 Å². The Bertz CT molecular complexity index is 714. The smallest absolute Gasteiger partial charge is 0.244 e. The van der Waals surface area contributed by atoms with Gasteiger partial charge in [0.05, 0.1) is 11.5 Å². The van der Waals surface area contributed by atoms with Crippen LogP contribution in [0.4, 0.5) is 0 Å². The molecular weight excluding hydrogens is 364 g/mol. The van der Waals surface area contributed by atoms with E-state index in [4.69, 9.17) is 0 Å². The number of nitrogens with zero attached hydrogens (tertiary/aromatic N) is 2. The minimum absolute atomic E-state index is 0.0372. The van der Waals surface area contributed by atoms with E-state index in [9.17, 15) is 13.2 Å². The molecule has 0 saturated carbocycles. The predicted molar refractivity (Wildman–Crippen MR) is 108 cm³/mol. The van der Waals surface area contributed by atoms with Gasteiger partial charge in [-0.1, -0.05) is 30.3 Å². The molecule has 0 aromatic heterocycles. The van der Waals surface area contributed by atoms with E-state index >= 15 is 0 Å². The largest absolute Gasteiger partial charge is 0.357 e. The van der Waals surface area contributed by atoms with Crippen LogP contribution < -0.4 is 10.6 Å². The van der Waals surface area contributed by atoms with E-state index in [2.05, 4.69) is 15.6 Å². The molecule has 1 saturated heterocycles. The first kappa shape index (κ1) is 21.2. The van der Waals surface area contributed by atoms with Crippen molar-refractivity contribution >= 4 is 21.7 Å². The zero-order valence-electron chi connectivity index (χ0n) is 16.0. The van der Waals surface area contributed by atoms with Gasteiger partial charge in [-0.15, -0.1) is 0 Å². The number of sulfone groups is 1. The highest BCUT2D eigenvalue weighted by atomic mass is 32.2. The summed E-state index contributed by atoms with van der Waals surface area (Å²) in [5.74, 6) is 0.758. The number of carbonyl (C=O) groups is 1. The normalized spacial score (nSPS) is 15.0. The number of rotatable bonds is 9. The second-order valence-corrected chi connectivity index (χ2v) is 8.83. The molecule has 1 aliphatic rings. The van der Waals surface area contributed by atoms with Crippen molar-refractivity contribution in [1.82, 2.24) is 15.5 Å². The van der Waals surface area contributed by atoms with Crippen LogP contribution in [0, 0.1) is 0 Å². The summed E-state index contributed by atoms with van der Waals surface area (Å²) in [7, 11) is -3.14. The maximum absolute atomic E-state index is 12.2. The van der Waals surface area contributed by atoms with E-state index in [0.29, 0.717) is 25.5 Å². The summed E-state index contributed by atoms with van der Waals surface area (Å²) < 4.78 is 24.4. The summed E-state index contributed by atoms with van der Waals surface area (Å²) in [6.07, 6.45) is 2.61. The monoisotopic (exact) mass is 394 g/mol. The average Bonchev–Trinajstić information content (AvgIpc) is 3.18. The molecule has 1 fully saturated rings. The molecule has 1 amide bonds.